The molecule has 5 nitrogen and oxygen atoms in total. The standard InChI is InChI=1S/C28H29N3O2/c1-5-31-24-12-7-6-11-22(24)23-17-21(13-15-25(23)31)14-16-27(33)30(4)18-26(32)29-28-19(2)9-8-10-20(28)3/h6-17H,5,18H2,1-4H3,(H,29,32)/b16-14+. The number of rotatable bonds is 6. The Kier molecular flexibility index (Phi) is 6.31. The molecule has 0 spiro atoms. The zero-order valence-corrected chi connectivity index (χ0v) is 19.6. The maximum absolute atomic E-state index is 12.6. The SMILES string of the molecule is CCn1c2ccccc2c2cc(/C=C/C(=O)N(C)CC(=O)Nc3c(C)cccc3C)ccc21. The van der Waals surface area contributed by atoms with Crippen LogP contribution in [-0.2, 0) is 16.1 Å². The molecule has 168 valence electrons. The van der Waals surface area contributed by atoms with E-state index in [0.29, 0.717) is 0 Å². The lowest BCUT2D eigenvalue weighted by atomic mass is 10.1. The molecule has 1 heterocycles. The topological polar surface area (TPSA) is 54.3 Å². The first kappa shape index (κ1) is 22.3. The van der Waals surface area contributed by atoms with Crippen LogP contribution in [0.3, 0.4) is 0 Å². The molecule has 5 heteroatoms. The van der Waals surface area contributed by atoms with Crippen molar-refractivity contribution in [1.82, 2.24) is 9.47 Å². The molecule has 0 atom stereocenters. The number of carbonyl (C=O) groups is 2. The second-order valence-corrected chi connectivity index (χ2v) is 8.38. The molecule has 0 saturated carbocycles. The predicted octanol–water partition coefficient (Wildman–Crippen LogP) is 5.54. The van der Waals surface area contributed by atoms with E-state index < -0.39 is 0 Å². The van der Waals surface area contributed by atoms with Crippen LogP contribution in [0.1, 0.15) is 23.6 Å². The summed E-state index contributed by atoms with van der Waals surface area (Å²) >= 11 is 0. The van der Waals surface area contributed by atoms with Crippen molar-refractivity contribution in [2.45, 2.75) is 27.3 Å². The van der Waals surface area contributed by atoms with Gasteiger partial charge in [0, 0.05) is 47.2 Å². The van der Waals surface area contributed by atoms with Crippen LogP contribution >= 0.6 is 0 Å². The van der Waals surface area contributed by atoms with Gasteiger partial charge < -0.3 is 14.8 Å². The van der Waals surface area contributed by atoms with Gasteiger partial charge in [0.25, 0.3) is 0 Å². The number of anilines is 1. The van der Waals surface area contributed by atoms with Gasteiger partial charge in [-0.1, -0.05) is 42.5 Å². The van der Waals surface area contributed by atoms with E-state index in [2.05, 4.69) is 47.1 Å². The van der Waals surface area contributed by atoms with Crippen molar-refractivity contribution in [3.05, 3.63) is 83.4 Å². The average molecular weight is 440 g/mol. The van der Waals surface area contributed by atoms with Gasteiger partial charge in [0.2, 0.25) is 11.8 Å². The van der Waals surface area contributed by atoms with Crippen molar-refractivity contribution in [2.24, 2.45) is 0 Å². The van der Waals surface area contributed by atoms with E-state index in [4.69, 9.17) is 0 Å². The van der Waals surface area contributed by atoms with E-state index >= 15 is 0 Å². The third-order valence-corrected chi connectivity index (χ3v) is 6.03. The van der Waals surface area contributed by atoms with E-state index in [1.165, 1.54) is 32.8 Å². The van der Waals surface area contributed by atoms with Gasteiger partial charge in [-0.3, -0.25) is 9.59 Å². The molecule has 0 bridgehead atoms. The fourth-order valence-corrected chi connectivity index (χ4v) is 4.29. The largest absolute Gasteiger partial charge is 0.341 e. The number of nitrogens with one attached hydrogen (secondary N) is 1. The summed E-state index contributed by atoms with van der Waals surface area (Å²) in [5, 5.41) is 5.30. The molecule has 0 aliphatic carbocycles. The summed E-state index contributed by atoms with van der Waals surface area (Å²) in [4.78, 5) is 26.5. The lowest BCUT2D eigenvalue weighted by Crippen LogP contribution is -2.34. The Hall–Kier alpha value is -3.86. The highest BCUT2D eigenvalue weighted by Gasteiger charge is 2.13. The molecular weight excluding hydrogens is 410 g/mol. The van der Waals surface area contributed by atoms with E-state index in [1.54, 1.807) is 13.1 Å². The number of carbonyl (C=O) groups excluding carboxylic acids is 2. The molecule has 4 rings (SSSR count). The normalized spacial score (nSPS) is 11.4. The zero-order chi connectivity index (χ0) is 23.5. The fraction of sp³-hybridized carbons (Fsp3) is 0.214. The smallest absolute Gasteiger partial charge is 0.246 e. The number of hydrogen-bond donors (Lipinski definition) is 1. The number of aromatic nitrogens is 1. The minimum Gasteiger partial charge on any atom is -0.341 e. The number of aryl methyl sites for hydroxylation is 3. The molecule has 4 aromatic rings. The van der Waals surface area contributed by atoms with Gasteiger partial charge in [-0.25, -0.2) is 0 Å². The Morgan fingerprint density at radius 2 is 1.64 bits per heavy atom. The Labute approximate surface area is 194 Å². The van der Waals surface area contributed by atoms with Gasteiger partial charge in [-0.15, -0.1) is 0 Å². The molecule has 33 heavy (non-hydrogen) atoms. The molecule has 0 unspecified atom stereocenters. The molecule has 0 saturated heterocycles. The maximum atomic E-state index is 12.6. The van der Waals surface area contributed by atoms with Crippen molar-refractivity contribution in [1.29, 1.82) is 0 Å². The van der Waals surface area contributed by atoms with Crippen molar-refractivity contribution >= 4 is 45.4 Å². The molecular formula is C28H29N3O2. The first-order chi connectivity index (χ1) is 15.9. The Morgan fingerprint density at radius 1 is 0.939 bits per heavy atom. The second-order valence-electron chi connectivity index (χ2n) is 8.38. The highest BCUT2D eigenvalue weighted by atomic mass is 16.2. The number of nitrogens with zero attached hydrogens (tertiary/aromatic N) is 2. The van der Waals surface area contributed by atoms with Crippen molar-refractivity contribution in [3.63, 3.8) is 0 Å². The van der Waals surface area contributed by atoms with E-state index in [-0.39, 0.29) is 18.4 Å². The van der Waals surface area contributed by atoms with Gasteiger partial charge in [0.1, 0.15) is 0 Å². The van der Waals surface area contributed by atoms with Gasteiger partial charge >= 0.3 is 0 Å². The average Bonchev–Trinajstić information content (AvgIpc) is 3.13. The molecule has 2 amide bonds. The minimum absolute atomic E-state index is 0.0139. The lowest BCUT2D eigenvalue weighted by molar-refractivity contribution is -0.129. The third kappa shape index (κ3) is 4.53. The van der Waals surface area contributed by atoms with Crippen LogP contribution in [-0.4, -0.2) is 34.9 Å². The van der Waals surface area contributed by atoms with Gasteiger partial charge in [-0.2, -0.15) is 0 Å². The summed E-state index contributed by atoms with van der Waals surface area (Å²) < 4.78 is 2.30. The lowest BCUT2D eigenvalue weighted by Gasteiger charge is -2.16. The van der Waals surface area contributed by atoms with Crippen LogP contribution < -0.4 is 5.32 Å². The molecule has 3 aromatic carbocycles. The monoisotopic (exact) mass is 439 g/mol. The first-order valence-corrected chi connectivity index (χ1v) is 11.2. The summed E-state index contributed by atoms with van der Waals surface area (Å²) in [5.41, 5.74) is 6.14. The Balaban J connectivity index is 1.47. The van der Waals surface area contributed by atoms with E-state index in [1.807, 2.05) is 44.2 Å². The van der Waals surface area contributed by atoms with Crippen molar-refractivity contribution < 1.29 is 9.59 Å². The minimum atomic E-state index is -0.220. The van der Waals surface area contributed by atoms with Crippen LogP contribution in [0.15, 0.2) is 66.7 Å². The summed E-state index contributed by atoms with van der Waals surface area (Å²) in [5.74, 6) is -0.437. The predicted molar refractivity (Wildman–Crippen MR) is 136 cm³/mol. The third-order valence-electron chi connectivity index (χ3n) is 6.03. The number of fused-ring (bicyclic) bond motifs is 3. The molecule has 0 aliphatic heterocycles. The van der Waals surface area contributed by atoms with E-state index in [9.17, 15) is 9.59 Å². The zero-order valence-electron chi connectivity index (χ0n) is 19.6. The number of benzene rings is 3. The maximum Gasteiger partial charge on any atom is 0.246 e. The quantitative estimate of drug-likeness (QED) is 0.401. The Morgan fingerprint density at radius 3 is 2.36 bits per heavy atom. The number of amides is 2. The van der Waals surface area contributed by atoms with E-state index in [0.717, 1.165) is 28.9 Å². The van der Waals surface area contributed by atoms with Crippen molar-refractivity contribution in [3.8, 4) is 0 Å². The molecule has 0 fully saturated rings. The summed E-state index contributed by atoms with van der Waals surface area (Å²) in [7, 11) is 1.63. The first-order valence-electron chi connectivity index (χ1n) is 11.2. The molecule has 1 N–H and O–H groups in total. The van der Waals surface area contributed by atoms with Crippen LogP contribution in [0.4, 0.5) is 5.69 Å². The van der Waals surface area contributed by atoms with Crippen LogP contribution in [0.5, 0.6) is 0 Å². The highest BCUT2D eigenvalue weighted by Crippen LogP contribution is 2.30. The molecule has 1 aromatic heterocycles. The molecule has 0 aliphatic rings. The van der Waals surface area contributed by atoms with Gasteiger partial charge in [0.05, 0.1) is 6.54 Å². The summed E-state index contributed by atoms with van der Waals surface area (Å²) in [6.45, 7) is 6.93. The fourth-order valence-electron chi connectivity index (χ4n) is 4.29. The number of para-hydroxylation sites is 2. The summed E-state index contributed by atoms with van der Waals surface area (Å²) in [6.07, 6.45) is 3.33. The highest BCUT2D eigenvalue weighted by molar-refractivity contribution is 6.09. The van der Waals surface area contributed by atoms with Crippen LogP contribution in [0, 0.1) is 13.8 Å². The molecule has 0 radical (unpaired) electrons. The second kappa shape index (κ2) is 9.33. The van der Waals surface area contributed by atoms with Gasteiger partial charge in [0.15, 0.2) is 0 Å². The van der Waals surface area contributed by atoms with Crippen LogP contribution in [0.2, 0.25) is 0 Å². The number of likely N-dealkylation sites (N-methyl/N-ethyl adjacent to an activating group) is 1. The Bertz CT molecular complexity index is 1360. The summed E-state index contributed by atoms with van der Waals surface area (Å²) in [6, 6.07) is 20.5. The van der Waals surface area contributed by atoms with Crippen LogP contribution in [0.25, 0.3) is 27.9 Å². The van der Waals surface area contributed by atoms with Crippen molar-refractivity contribution in [2.75, 3.05) is 18.9 Å². The number of hydrogen-bond acceptors (Lipinski definition) is 2. The van der Waals surface area contributed by atoms with Gasteiger partial charge in [-0.05, 0) is 61.7 Å².